The van der Waals surface area contributed by atoms with Gasteiger partial charge in [-0.1, -0.05) is 83.6 Å². The predicted molar refractivity (Wildman–Crippen MR) is 134 cm³/mol. The first-order chi connectivity index (χ1) is 12.3. The van der Waals surface area contributed by atoms with Gasteiger partial charge in [0.25, 0.3) is 0 Å². The van der Waals surface area contributed by atoms with Crippen molar-refractivity contribution in [2.75, 3.05) is 39.3 Å². The van der Waals surface area contributed by atoms with E-state index in [0.29, 0.717) is 5.41 Å². The molecule has 0 saturated carbocycles. The van der Waals surface area contributed by atoms with Gasteiger partial charge in [0, 0.05) is 0 Å². The average molecular weight is 525 g/mol. The first kappa shape index (κ1) is 31.1. The molecule has 0 saturated heterocycles. The van der Waals surface area contributed by atoms with E-state index in [0.717, 1.165) is 39.3 Å². The first-order valence-corrected chi connectivity index (χ1v) is 21.9. The van der Waals surface area contributed by atoms with Crippen LogP contribution in [0.3, 0.4) is 0 Å². The van der Waals surface area contributed by atoms with E-state index in [-0.39, 0.29) is 0 Å². The van der Waals surface area contributed by atoms with Crippen LogP contribution in [-0.2, 0) is 19.2 Å². The zero-order valence-corrected chi connectivity index (χ0v) is 25.9. The van der Waals surface area contributed by atoms with E-state index in [2.05, 4.69) is 88.8 Å². The SMILES string of the molecule is CC(C)(C)[C]#[Mo].C[Si](C)(C)[N-]CCN(CC[N-][Si](C)(C)C)CC[N-][Si](C)(C)C. The Hall–Kier alpha value is 0.959. The number of rotatable bonds is 12. The molecule has 0 N–H and O–H groups in total. The molecule has 0 bridgehead atoms. The molecule has 0 fully saturated rings. The second-order valence-electron chi connectivity index (χ2n) is 11.4. The molecule has 0 spiro atoms. The molecule has 0 aromatic carbocycles. The van der Waals surface area contributed by atoms with Gasteiger partial charge in [-0.25, -0.2) is 0 Å². The predicted octanol–water partition coefficient (Wildman–Crippen LogP) is 6.45. The smallest absolute Gasteiger partial charge is 0.0210 e. The topological polar surface area (TPSA) is 45.5 Å². The van der Waals surface area contributed by atoms with E-state index in [1.54, 1.807) is 0 Å². The molecule has 0 heterocycles. The minimum absolute atomic E-state index is 0.296. The molecule has 8 heteroatoms. The maximum Gasteiger partial charge on any atom is -0.0210 e. The van der Waals surface area contributed by atoms with E-state index in [9.17, 15) is 0 Å². The fourth-order valence-corrected chi connectivity index (χ4v) is 4.23. The van der Waals surface area contributed by atoms with Gasteiger partial charge in [0.1, 0.15) is 0 Å². The van der Waals surface area contributed by atoms with Gasteiger partial charge in [0.2, 0.25) is 0 Å². The molecule has 0 aliphatic heterocycles. The standard InChI is InChI=1S/C15H39N4Si3.C5H9.Mo/c1-20(2,3)16-10-13-19(14-11-17-21(4,5)6)15-12-18-22(7,8)9;1-5(2,3)4;/h10-15H2,1-9H3;1-3H3;/q-3;;. The van der Waals surface area contributed by atoms with Crippen LogP contribution in [0.2, 0.25) is 58.9 Å². The van der Waals surface area contributed by atoms with Crippen LogP contribution in [0, 0.1) is 9.62 Å². The molecule has 0 rings (SSSR count). The summed E-state index contributed by atoms with van der Waals surface area (Å²) in [6, 6.07) is 0. The van der Waals surface area contributed by atoms with Gasteiger partial charge in [-0.15, -0.1) is 19.6 Å². The molecule has 0 aliphatic rings. The maximum absolute atomic E-state index is 4.86. The summed E-state index contributed by atoms with van der Waals surface area (Å²) in [5, 5.41) is 0. The Bertz CT molecular complexity index is 393. The quantitative estimate of drug-likeness (QED) is 0.271. The molecule has 0 amide bonds. The summed E-state index contributed by atoms with van der Waals surface area (Å²) >= 11 is 1.90. The summed E-state index contributed by atoms with van der Waals surface area (Å²) in [6.45, 7) is 33.2. The Labute approximate surface area is 191 Å². The van der Waals surface area contributed by atoms with E-state index in [1.165, 1.54) is 0 Å². The Morgan fingerprint density at radius 3 is 1.00 bits per heavy atom. The van der Waals surface area contributed by atoms with E-state index >= 15 is 0 Å². The average Bonchev–Trinajstić information content (AvgIpc) is 2.42. The van der Waals surface area contributed by atoms with Crippen LogP contribution in [0.5, 0.6) is 0 Å². The third-order valence-corrected chi connectivity index (χ3v) is 8.34. The summed E-state index contributed by atoms with van der Waals surface area (Å²) in [6.07, 6.45) is 0. The number of hydrogen-bond donors (Lipinski definition) is 0. The van der Waals surface area contributed by atoms with E-state index in [1.807, 2.05) is 19.2 Å². The molecule has 0 aliphatic carbocycles. The third kappa shape index (κ3) is 29.2. The van der Waals surface area contributed by atoms with Crippen molar-refractivity contribution in [3.05, 3.63) is 14.9 Å². The molecule has 169 valence electrons. The Morgan fingerprint density at radius 1 is 0.643 bits per heavy atom. The summed E-state index contributed by atoms with van der Waals surface area (Å²) in [5.41, 5.74) is 0.296. The molecule has 28 heavy (non-hydrogen) atoms. The van der Waals surface area contributed by atoms with Gasteiger partial charge < -0.3 is 19.8 Å². The van der Waals surface area contributed by atoms with Gasteiger partial charge in [0.05, 0.1) is 0 Å². The van der Waals surface area contributed by atoms with Crippen molar-refractivity contribution in [1.29, 1.82) is 0 Å². The summed E-state index contributed by atoms with van der Waals surface area (Å²) in [4.78, 5) is 17.1. The number of hydrogen-bond acceptors (Lipinski definition) is 1. The second-order valence-corrected chi connectivity index (χ2v) is 25.8. The van der Waals surface area contributed by atoms with Crippen molar-refractivity contribution in [3.8, 4) is 4.20 Å². The van der Waals surface area contributed by atoms with Gasteiger partial charge >= 0.3 is 49.5 Å². The molecule has 4 nitrogen and oxygen atoms in total. The van der Waals surface area contributed by atoms with Crippen LogP contribution >= 0.6 is 0 Å². The van der Waals surface area contributed by atoms with Crippen LogP contribution in [0.25, 0.3) is 14.9 Å². The fraction of sp³-hybridized carbons (Fsp3) is 0.950. The summed E-state index contributed by atoms with van der Waals surface area (Å²) in [5.74, 6) is 0. The van der Waals surface area contributed by atoms with Gasteiger partial charge in [0.15, 0.2) is 0 Å². The minimum atomic E-state index is -1.28. The van der Waals surface area contributed by atoms with Crippen LogP contribution in [-0.4, -0.2) is 68.9 Å². The maximum atomic E-state index is 4.86. The summed E-state index contributed by atoms with van der Waals surface area (Å²) < 4.78 is 3.11. The molecule has 0 radical (unpaired) electrons. The number of nitrogens with zero attached hydrogens (tertiary/aromatic N) is 4. The van der Waals surface area contributed by atoms with E-state index in [4.69, 9.17) is 14.9 Å². The molecule has 0 atom stereocenters. The van der Waals surface area contributed by atoms with Crippen molar-refractivity contribution in [1.82, 2.24) is 4.90 Å². The monoisotopic (exact) mass is 526 g/mol. The molecular weight excluding hydrogens is 476 g/mol. The summed E-state index contributed by atoms with van der Waals surface area (Å²) in [7, 11) is -3.84. The molecule has 0 unspecified atom stereocenters. The van der Waals surface area contributed by atoms with Crippen molar-refractivity contribution in [3.63, 3.8) is 0 Å². The van der Waals surface area contributed by atoms with Crippen molar-refractivity contribution in [2.24, 2.45) is 5.41 Å². The fourth-order valence-electron chi connectivity index (χ4n) is 1.92. The molecule has 0 aromatic heterocycles. The largest absolute Gasteiger partial charge is 0.664 e. The zero-order valence-electron chi connectivity index (χ0n) is 20.9. The molecule has 0 aromatic rings. The second kappa shape index (κ2) is 14.1. The van der Waals surface area contributed by atoms with Gasteiger partial charge in [-0.3, -0.25) is 0 Å². The van der Waals surface area contributed by atoms with E-state index < -0.39 is 24.7 Å². The van der Waals surface area contributed by atoms with Crippen LogP contribution < -0.4 is 0 Å². The Kier molecular flexibility index (Phi) is 15.7. The first-order valence-electron chi connectivity index (χ1n) is 10.5. The van der Waals surface area contributed by atoms with Crippen LogP contribution in [0.1, 0.15) is 20.8 Å². The van der Waals surface area contributed by atoms with Gasteiger partial charge in [-0.05, 0) is 19.6 Å². The Morgan fingerprint density at radius 2 is 0.857 bits per heavy atom. The van der Waals surface area contributed by atoms with Crippen molar-refractivity contribution < 1.29 is 19.2 Å². The van der Waals surface area contributed by atoms with Crippen molar-refractivity contribution >= 4 is 24.7 Å². The van der Waals surface area contributed by atoms with Crippen LogP contribution in [0.15, 0.2) is 0 Å². The van der Waals surface area contributed by atoms with Crippen molar-refractivity contribution in [2.45, 2.75) is 79.7 Å². The van der Waals surface area contributed by atoms with Crippen LogP contribution in [0.4, 0.5) is 0 Å². The zero-order chi connectivity index (χ0) is 22.6. The normalized spacial score (nSPS) is 13.1. The third-order valence-electron chi connectivity index (χ3n) is 3.31. The van der Waals surface area contributed by atoms with Gasteiger partial charge in [-0.2, -0.15) is 0 Å². The Balaban J connectivity index is 0. The molecular formula is C20H48MoN4Si3-3. The minimum Gasteiger partial charge on any atom is -0.664 e.